The first-order chi connectivity index (χ1) is 9.10. The van der Waals surface area contributed by atoms with Crippen LogP contribution in [0.1, 0.15) is 46.5 Å². The molecular formula is C15H30N2O2. The Bertz CT molecular complexity index is 271. The zero-order valence-corrected chi connectivity index (χ0v) is 12.9. The normalized spacial score (nSPS) is 26.1. The monoisotopic (exact) mass is 270 g/mol. The molecule has 1 heterocycles. The molecule has 0 aromatic heterocycles. The second-order valence-electron chi connectivity index (χ2n) is 5.74. The molecule has 0 bridgehead atoms. The number of hydrogen-bond acceptors (Lipinski definition) is 4. The Morgan fingerprint density at radius 2 is 2.16 bits per heavy atom. The standard InChI is InChI=1S/C15H30N2O2/c1-5-7-16-14-8-13(9-15(18)19-4)10-17(11-14)12(3)6-2/h12-14,16H,5-11H2,1-4H3. The Hall–Kier alpha value is -0.610. The zero-order valence-electron chi connectivity index (χ0n) is 12.9. The number of nitrogens with zero attached hydrogens (tertiary/aromatic N) is 1. The van der Waals surface area contributed by atoms with Crippen LogP contribution in [0.15, 0.2) is 0 Å². The fourth-order valence-electron chi connectivity index (χ4n) is 2.82. The van der Waals surface area contributed by atoms with Crippen molar-refractivity contribution < 1.29 is 9.53 Å². The molecule has 0 radical (unpaired) electrons. The first kappa shape index (κ1) is 16.4. The van der Waals surface area contributed by atoms with Crippen molar-refractivity contribution in [3.05, 3.63) is 0 Å². The lowest BCUT2D eigenvalue weighted by molar-refractivity contribution is -0.142. The first-order valence-electron chi connectivity index (χ1n) is 7.64. The van der Waals surface area contributed by atoms with Gasteiger partial charge in [0, 0.05) is 31.6 Å². The number of carbonyl (C=O) groups is 1. The number of ether oxygens (including phenoxy) is 1. The van der Waals surface area contributed by atoms with Crippen LogP contribution in [0.5, 0.6) is 0 Å². The number of hydrogen-bond donors (Lipinski definition) is 1. The summed E-state index contributed by atoms with van der Waals surface area (Å²) in [4.78, 5) is 14.0. The summed E-state index contributed by atoms with van der Waals surface area (Å²) in [5.74, 6) is 0.342. The highest BCUT2D eigenvalue weighted by atomic mass is 16.5. The van der Waals surface area contributed by atoms with E-state index in [0.29, 0.717) is 24.4 Å². The predicted octanol–water partition coefficient (Wildman–Crippen LogP) is 2.04. The average molecular weight is 270 g/mol. The summed E-state index contributed by atoms with van der Waals surface area (Å²) in [6.45, 7) is 9.87. The molecule has 0 saturated carbocycles. The van der Waals surface area contributed by atoms with E-state index in [9.17, 15) is 4.79 Å². The maximum absolute atomic E-state index is 11.5. The Labute approximate surface area is 117 Å². The Morgan fingerprint density at radius 1 is 1.42 bits per heavy atom. The molecule has 0 amide bonds. The fraction of sp³-hybridized carbons (Fsp3) is 0.933. The molecule has 0 spiro atoms. The number of piperidine rings is 1. The van der Waals surface area contributed by atoms with Gasteiger partial charge < -0.3 is 10.1 Å². The third kappa shape index (κ3) is 5.49. The molecule has 1 aliphatic rings. The molecule has 0 aromatic carbocycles. The van der Waals surface area contributed by atoms with E-state index in [1.807, 2.05) is 0 Å². The van der Waals surface area contributed by atoms with Crippen LogP contribution in [-0.4, -0.2) is 49.7 Å². The van der Waals surface area contributed by atoms with Crippen molar-refractivity contribution in [2.45, 2.75) is 58.5 Å². The summed E-state index contributed by atoms with van der Waals surface area (Å²) in [7, 11) is 1.48. The summed E-state index contributed by atoms with van der Waals surface area (Å²) in [5.41, 5.74) is 0. The number of nitrogens with one attached hydrogen (secondary N) is 1. The third-order valence-electron chi connectivity index (χ3n) is 4.15. The maximum atomic E-state index is 11.5. The Balaban J connectivity index is 2.57. The average Bonchev–Trinajstić information content (AvgIpc) is 2.43. The summed E-state index contributed by atoms with van der Waals surface area (Å²) in [6, 6.07) is 1.10. The zero-order chi connectivity index (χ0) is 14.3. The fourth-order valence-corrected chi connectivity index (χ4v) is 2.82. The van der Waals surface area contributed by atoms with Crippen molar-refractivity contribution in [3.63, 3.8) is 0 Å². The lowest BCUT2D eigenvalue weighted by Gasteiger charge is -2.41. The van der Waals surface area contributed by atoms with Crippen LogP contribution in [0.25, 0.3) is 0 Å². The van der Waals surface area contributed by atoms with Crippen LogP contribution in [0.4, 0.5) is 0 Å². The van der Waals surface area contributed by atoms with E-state index in [0.717, 1.165) is 38.9 Å². The number of rotatable bonds is 7. The highest BCUT2D eigenvalue weighted by Gasteiger charge is 2.30. The van der Waals surface area contributed by atoms with Gasteiger partial charge in [0.15, 0.2) is 0 Å². The molecule has 3 unspecified atom stereocenters. The van der Waals surface area contributed by atoms with E-state index in [4.69, 9.17) is 4.74 Å². The summed E-state index contributed by atoms with van der Waals surface area (Å²) in [6.07, 6.45) is 3.95. The third-order valence-corrected chi connectivity index (χ3v) is 4.15. The van der Waals surface area contributed by atoms with Crippen LogP contribution in [0.2, 0.25) is 0 Å². The number of methoxy groups -OCH3 is 1. The largest absolute Gasteiger partial charge is 0.469 e. The van der Waals surface area contributed by atoms with Crippen molar-refractivity contribution in [2.24, 2.45) is 5.92 Å². The van der Waals surface area contributed by atoms with Gasteiger partial charge in [0.05, 0.1) is 7.11 Å². The van der Waals surface area contributed by atoms with Crippen LogP contribution in [0, 0.1) is 5.92 Å². The highest BCUT2D eigenvalue weighted by Crippen LogP contribution is 2.23. The van der Waals surface area contributed by atoms with Gasteiger partial charge in [-0.25, -0.2) is 0 Å². The van der Waals surface area contributed by atoms with E-state index >= 15 is 0 Å². The Morgan fingerprint density at radius 3 is 2.74 bits per heavy atom. The second kappa shape index (κ2) is 8.54. The van der Waals surface area contributed by atoms with E-state index in [1.54, 1.807) is 0 Å². The molecule has 4 nitrogen and oxygen atoms in total. The maximum Gasteiger partial charge on any atom is 0.305 e. The molecule has 1 rings (SSSR count). The van der Waals surface area contributed by atoms with Gasteiger partial charge in [0.1, 0.15) is 0 Å². The van der Waals surface area contributed by atoms with Gasteiger partial charge in [0.2, 0.25) is 0 Å². The van der Waals surface area contributed by atoms with Gasteiger partial charge in [-0.05, 0) is 38.6 Å². The van der Waals surface area contributed by atoms with Crippen molar-refractivity contribution in [1.82, 2.24) is 10.2 Å². The molecule has 1 fully saturated rings. The van der Waals surface area contributed by atoms with Crippen molar-refractivity contribution in [2.75, 3.05) is 26.7 Å². The molecule has 4 heteroatoms. The predicted molar refractivity (Wildman–Crippen MR) is 78.1 cm³/mol. The van der Waals surface area contributed by atoms with E-state index in [1.165, 1.54) is 7.11 Å². The number of esters is 1. The smallest absolute Gasteiger partial charge is 0.305 e. The summed E-state index contributed by atoms with van der Waals surface area (Å²) >= 11 is 0. The lowest BCUT2D eigenvalue weighted by atomic mass is 9.90. The molecule has 0 aliphatic carbocycles. The summed E-state index contributed by atoms with van der Waals surface area (Å²) < 4.78 is 4.81. The molecule has 1 N–H and O–H groups in total. The molecule has 1 aliphatic heterocycles. The molecule has 3 atom stereocenters. The van der Waals surface area contributed by atoms with Gasteiger partial charge in [0.25, 0.3) is 0 Å². The summed E-state index contributed by atoms with van der Waals surface area (Å²) in [5, 5.41) is 3.61. The van der Waals surface area contributed by atoms with Crippen molar-refractivity contribution >= 4 is 5.97 Å². The Kier molecular flexibility index (Phi) is 7.39. The molecule has 112 valence electrons. The first-order valence-corrected chi connectivity index (χ1v) is 7.64. The minimum absolute atomic E-state index is 0.0785. The number of carbonyl (C=O) groups excluding carboxylic acids is 1. The van der Waals surface area contributed by atoms with Crippen LogP contribution < -0.4 is 5.32 Å². The minimum Gasteiger partial charge on any atom is -0.469 e. The highest BCUT2D eigenvalue weighted by molar-refractivity contribution is 5.69. The second-order valence-corrected chi connectivity index (χ2v) is 5.74. The number of likely N-dealkylation sites (tertiary alicyclic amines) is 1. The SMILES string of the molecule is CCCNC1CC(CC(=O)OC)CN(C(C)CC)C1. The van der Waals surface area contributed by atoms with E-state index < -0.39 is 0 Å². The van der Waals surface area contributed by atoms with Gasteiger partial charge in [-0.1, -0.05) is 13.8 Å². The lowest BCUT2D eigenvalue weighted by Crippen LogP contribution is -2.52. The molecular weight excluding hydrogens is 240 g/mol. The van der Waals surface area contributed by atoms with Gasteiger partial charge >= 0.3 is 5.97 Å². The van der Waals surface area contributed by atoms with Crippen LogP contribution in [0.3, 0.4) is 0 Å². The van der Waals surface area contributed by atoms with Gasteiger partial charge in [-0.3, -0.25) is 9.69 Å². The van der Waals surface area contributed by atoms with E-state index in [-0.39, 0.29) is 5.97 Å². The topological polar surface area (TPSA) is 41.6 Å². The van der Waals surface area contributed by atoms with Gasteiger partial charge in [-0.15, -0.1) is 0 Å². The minimum atomic E-state index is -0.0785. The van der Waals surface area contributed by atoms with E-state index in [2.05, 4.69) is 31.0 Å². The molecule has 0 aromatic rings. The van der Waals surface area contributed by atoms with Gasteiger partial charge in [-0.2, -0.15) is 0 Å². The van der Waals surface area contributed by atoms with Crippen molar-refractivity contribution in [1.29, 1.82) is 0 Å². The van der Waals surface area contributed by atoms with Crippen LogP contribution in [-0.2, 0) is 9.53 Å². The van der Waals surface area contributed by atoms with Crippen molar-refractivity contribution in [3.8, 4) is 0 Å². The van der Waals surface area contributed by atoms with Crippen LogP contribution >= 0.6 is 0 Å². The molecule has 19 heavy (non-hydrogen) atoms. The molecule has 1 saturated heterocycles. The quantitative estimate of drug-likeness (QED) is 0.719.